The van der Waals surface area contributed by atoms with Crippen LogP contribution in [0.1, 0.15) is 13.8 Å². The Labute approximate surface area is 50.6 Å². The van der Waals surface area contributed by atoms with Crippen LogP contribution in [0.3, 0.4) is 0 Å². The fourth-order valence-electron chi connectivity index (χ4n) is 0.442. The summed E-state index contributed by atoms with van der Waals surface area (Å²) in [5.74, 6) is 0. The molecule has 3 heteroatoms. The number of nitrogens with two attached hydrogens (primary N) is 1. The van der Waals surface area contributed by atoms with Crippen LogP contribution in [0.25, 0.3) is 0 Å². The smallest absolute Gasteiger partial charge is 0.109 e. The Kier molecular flexibility index (Phi) is 3.77. The molecule has 0 aromatic carbocycles. The van der Waals surface area contributed by atoms with E-state index in [1.54, 1.807) is 0 Å². The van der Waals surface area contributed by atoms with E-state index in [2.05, 4.69) is 24.5 Å². The van der Waals surface area contributed by atoms with E-state index in [4.69, 9.17) is 5.73 Å². The first-order valence-electron chi connectivity index (χ1n) is 2.85. The van der Waals surface area contributed by atoms with Crippen molar-refractivity contribution in [3.63, 3.8) is 0 Å². The van der Waals surface area contributed by atoms with Crippen molar-refractivity contribution in [2.24, 2.45) is 5.73 Å². The number of nitrogens with one attached hydrogen (secondary N) is 2. The highest BCUT2D eigenvalue weighted by molar-refractivity contribution is 4.56. The van der Waals surface area contributed by atoms with E-state index in [1.165, 1.54) is 0 Å². The quantitative estimate of drug-likeness (QED) is 0.435. The maximum absolute atomic E-state index is 5.45. The van der Waals surface area contributed by atoms with E-state index in [0.717, 1.165) is 0 Å². The second kappa shape index (κ2) is 3.83. The highest BCUT2D eigenvalue weighted by Crippen LogP contribution is 1.73. The zero-order chi connectivity index (χ0) is 6.57. The maximum atomic E-state index is 5.45. The molecular formula is C5H15N3. The van der Waals surface area contributed by atoms with Crippen LogP contribution in [0, 0.1) is 0 Å². The third-order valence-electron chi connectivity index (χ3n) is 0.824. The van der Waals surface area contributed by atoms with E-state index in [0.29, 0.717) is 6.04 Å². The summed E-state index contributed by atoms with van der Waals surface area (Å²) in [5, 5.41) is 5.92. The molecule has 0 aliphatic rings. The Hall–Kier alpha value is -0.120. The van der Waals surface area contributed by atoms with E-state index < -0.39 is 0 Å². The molecule has 1 unspecified atom stereocenters. The van der Waals surface area contributed by atoms with Gasteiger partial charge in [-0.2, -0.15) is 0 Å². The van der Waals surface area contributed by atoms with Gasteiger partial charge in [-0.25, -0.2) is 0 Å². The van der Waals surface area contributed by atoms with Crippen LogP contribution in [0.2, 0.25) is 0 Å². The lowest BCUT2D eigenvalue weighted by Gasteiger charge is -2.14. The fourth-order valence-corrected chi connectivity index (χ4v) is 0.442. The van der Waals surface area contributed by atoms with Crippen molar-refractivity contribution < 1.29 is 0 Å². The van der Waals surface area contributed by atoms with Gasteiger partial charge in [-0.3, -0.25) is 10.6 Å². The van der Waals surface area contributed by atoms with Gasteiger partial charge in [0, 0.05) is 6.04 Å². The molecule has 0 aliphatic carbocycles. The van der Waals surface area contributed by atoms with Crippen molar-refractivity contribution >= 4 is 0 Å². The van der Waals surface area contributed by atoms with Gasteiger partial charge in [-0.15, -0.1) is 0 Å². The van der Waals surface area contributed by atoms with Crippen LogP contribution in [-0.4, -0.2) is 19.4 Å². The van der Waals surface area contributed by atoms with Gasteiger partial charge in [0.15, 0.2) is 0 Å². The molecule has 0 fully saturated rings. The molecule has 0 amide bonds. The zero-order valence-corrected chi connectivity index (χ0v) is 5.73. The maximum Gasteiger partial charge on any atom is 0.109 e. The first kappa shape index (κ1) is 7.88. The number of rotatable bonds is 3. The topological polar surface area (TPSA) is 50.1 Å². The van der Waals surface area contributed by atoms with E-state index in [-0.39, 0.29) is 6.29 Å². The van der Waals surface area contributed by atoms with Gasteiger partial charge in [0.1, 0.15) is 6.29 Å². The van der Waals surface area contributed by atoms with Crippen molar-refractivity contribution in [3.8, 4) is 0 Å². The summed E-state index contributed by atoms with van der Waals surface area (Å²) in [6.45, 7) is 4.11. The molecule has 8 heavy (non-hydrogen) atoms. The normalized spacial score (nSPS) is 14.6. The summed E-state index contributed by atoms with van der Waals surface area (Å²) in [6.07, 6.45) is -0.0741. The predicted molar refractivity (Wildman–Crippen MR) is 35.3 cm³/mol. The van der Waals surface area contributed by atoms with Crippen molar-refractivity contribution in [2.45, 2.75) is 26.2 Å². The molecule has 0 spiro atoms. The van der Waals surface area contributed by atoms with Crippen LogP contribution in [-0.2, 0) is 0 Å². The summed E-state index contributed by atoms with van der Waals surface area (Å²) in [6, 6.07) is 0.442. The monoisotopic (exact) mass is 117 g/mol. The molecule has 0 aromatic rings. The zero-order valence-electron chi connectivity index (χ0n) is 5.73. The molecule has 0 saturated heterocycles. The third kappa shape index (κ3) is 4.05. The summed E-state index contributed by atoms with van der Waals surface area (Å²) in [4.78, 5) is 0. The molecular weight excluding hydrogens is 102 g/mol. The summed E-state index contributed by atoms with van der Waals surface area (Å²) in [7, 11) is 1.82. The Bertz CT molecular complexity index is 53.6. The highest BCUT2D eigenvalue weighted by Gasteiger charge is 1.96. The number of hydrogen-bond donors (Lipinski definition) is 3. The minimum absolute atomic E-state index is 0.0741. The summed E-state index contributed by atoms with van der Waals surface area (Å²) in [5.41, 5.74) is 5.45. The Morgan fingerprint density at radius 3 is 2.00 bits per heavy atom. The van der Waals surface area contributed by atoms with Gasteiger partial charge in [-0.1, -0.05) is 0 Å². The molecule has 0 rings (SSSR count). The first-order chi connectivity index (χ1) is 3.66. The largest absolute Gasteiger partial charge is 0.304 e. The summed E-state index contributed by atoms with van der Waals surface area (Å²) >= 11 is 0. The molecule has 3 nitrogen and oxygen atoms in total. The third-order valence-corrected chi connectivity index (χ3v) is 0.824. The SMILES string of the molecule is CNC(N)NC(C)C. The molecule has 50 valence electrons. The predicted octanol–water partition coefficient (Wildman–Crippen LogP) is -0.554. The molecule has 0 radical (unpaired) electrons. The lowest BCUT2D eigenvalue weighted by atomic mass is 10.4. The second-order valence-corrected chi connectivity index (χ2v) is 2.09. The Morgan fingerprint density at radius 1 is 1.38 bits per heavy atom. The van der Waals surface area contributed by atoms with Crippen LogP contribution >= 0.6 is 0 Å². The lowest BCUT2D eigenvalue weighted by molar-refractivity contribution is 0.428. The molecule has 4 N–H and O–H groups in total. The van der Waals surface area contributed by atoms with Crippen LogP contribution in [0.15, 0.2) is 0 Å². The first-order valence-corrected chi connectivity index (χ1v) is 2.85. The van der Waals surface area contributed by atoms with Crippen LogP contribution in [0.4, 0.5) is 0 Å². The minimum Gasteiger partial charge on any atom is -0.304 e. The van der Waals surface area contributed by atoms with Crippen molar-refractivity contribution in [3.05, 3.63) is 0 Å². The summed E-state index contributed by atoms with van der Waals surface area (Å²) < 4.78 is 0. The van der Waals surface area contributed by atoms with Gasteiger partial charge < -0.3 is 5.73 Å². The Morgan fingerprint density at radius 2 is 1.88 bits per heavy atom. The van der Waals surface area contributed by atoms with Gasteiger partial charge in [0.05, 0.1) is 0 Å². The van der Waals surface area contributed by atoms with E-state index >= 15 is 0 Å². The average molecular weight is 117 g/mol. The lowest BCUT2D eigenvalue weighted by Crippen LogP contribution is -2.50. The van der Waals surface area contributed by atoms with Gasteiger partial charge in [-0.05, 0) is 20.9 Å². The molecule has 1 atom stereocenters. The van der Waals surface area contributed by atoms with E-state index in [9.17, 15) is 0 Å². The van der Waals surface area contributed by atoms with Gasteiger partial charge in [0.2, 0.25) is 0 Å². The second-order valence-electron chi connectivity index (χ2n) is 2.09. The molecule has 0 saturated carbocycles. The Balaban J connectivity index is 3.10. The van der Waals surface area contributed by atoms with Crippen molar-refractivity contribution in [2.75, 3.05) is 7.05 Å². The van der Waals surface area contributed by atoms with Crippen molar-refractivity contribution in [1.82, 2.24) is 10.6 Å². The molecule has 0 aliphatic heterocycles. The van der Waals surface area contributed by atoms with E-state index in [1.807, 2.05) is 7.05 Å². The average Bonchev–Trinajstić information content (AvgIpc) is 1.65. The molecule has 0 aromatic heterocycles. The van der Waals surface area contributed by atoms with Crippen LogP contribution in [0.5, 0.6) is 0 Å². The highest BCUT2D eigenvalue weighted by atomic mass is 15.2. The molecule has 0 bridgehead atoms. The van der Waals surface area contributed by atoms with Gasteiger partial charge >= 0.3 is 0 Å². The van der Waals surface area contributed by atoms with Gasteiger partial charge in [0.25, 0.3) is 0 Å². The standard InChI is InChI=1S/C5H15N3/c1-4(2)8-5(6)7-3/h4-5,7-8H,6H2,1-3H3. The minimum atomic E-state index is -0.0741. The number of hydrogen-bond acceptors (Lipinski definition) is 3. The van der Waals surface area contributed by atoms with Crippen molar-refractivity contribution in [1.29, 1.82) is 0 Å². The molecule has 0 heterocycles. The fraction of sp³-hybridized carbons (Fsp3) is 1.00. The van der Waals surface area contributed by atoms with Crippen LogP contribution < -0.4 is 16.4 Å².